The van der Waals surface area contributed by atoms with Crippen LogP contribution in [0.2, 0.25) is 0 Å². The fraction of sp³-hybridized carbons (Fsp3) is 0.421. The Kier molecular flexibility index (Phi) is 6.39. The van der Waals surface area contributed by atoms with E-state index in [0.29, 0.717) is 24.1 Å². The zero-order chi connectivity index (χ0) is 19.2. The summed E-state index contributed by atoms with van der Waals surface area (Å²) in [4.78, 5) is 31.0. The summed E-state index contributed by atoms with van der Waals surface area (Å²) in [6, 6.07) is 6.98. The van der Waals surface area contributed by atoms with Gasteiger partial charge in [-0.25, -0.2) is 4.98 Å². The molecule has 27 heavy (non-hydrogen) atoms. The summed E-state index contributed by atoms with van der Waals surface area (Å²) in [6.07, 6.45) is 1.65. The van der Waals surface area contributed by atoms with Crippen LogP contribution in [0.25, 0.3) is 0 Å². The lowest BCUT2D eigenvalue weighted by Crippen LogP contribution is -2.28. The molecule has 1 aliphatic heterocycles. The minimum absolute atomic E-state index is 0.133. The van der Waals surface area contributed by atoms with Crippen LogP contribution >= 0.6 is 11.8 Å². The van der Waals surface area contributed by atoms with Crippen molar-refractivity contribution in [3.05, 3.63) is 45.9 Å². The molecule has 1 aromatic carbocycles. The van der Waals surface area contributed by atoms with Gasteiger partial charge in [-0.3, -0.25) is 9.59 Å². The normalized spacial score (nSPS) is 13.9. The molecule has 8 heteroatoms. The predicted octanol–water partition coefficient (Wildman–Crippen LogP) is 2.46. The zero-order valence-corrected chi connectivity index (χ0v) is 16.2. The van der Waals surface area contributed by atoms with Crippen molar-refractivity contribution in [1.29, 1.82) is 0 Å². The van der Waals surface area contributed by atoms with Gasteiger partial charge in [0.05, 0.1) is 11.8 Å². The van der Waals surface area contributed by atoms with Gasteiger partial charge in [-0.05, 0) is 31.0 Å². The third-order valence-electron chi connectivity index (χ3n) is 4.06. The topological polar surface area (TPSA) is 93.3 Å². The number of hydrogen-bond acceptors (Lipinski definition) is 6. The molecule has 1 amide bonds. The second kappa shape index (κ2) is 8.94. The van der Waals surface area contributed by atoms with E-state index >= 15 is 0 Å². The quantitative estimate of drug-likeness (QED) is 0.558. The molecule has 1 aliphatic rings. The molecule has 0 bridgehead atoms. The summed E-state index contributed by atoms with van der Waals surface area (Å²) in [5.74, 6) is 1.46. The number of benzene rings is 1. The lowest BCUT2D eigenvalue weighted by molar-refractivity contribution is -0.119. The fourth-order valence-electron chi connectivity index (χ4n) is 2.77. The number of ether oxygens (including phenoxy) is 2. The van der Waals surface area contributed by atoms with E-state index in [2.05, 4.69) is 15.3 Å². The van der Waals surface area contributed by atoms with E-state index < -0.39 is 0 Å². The summed E-state index contributed by atoms with van der Waals surface area (Å²) in [7, 11) is 0. The maximum atomic E-state index is 12.3. The van der Waals surface area contributed by atoms with Gasteiger partial charge in [-0.2, -0.15) is 0 Å². The first-order valence-electron chi connectivity index (χ1n) is 8.97. The summed E-state index contributed by atoms with van der Waals surface area (Å²) >= 11 is 1.22. The van der Waals surface area contributed by atoms with Crippen molar-refractivity contribution in [3.63, 3.8) is 0 Å². The lowest BCUT2D eigenvalue weighted by atomic mass is 10.1. The number of aryl methyl sites for hydroxylation is 1. The first-order valence-corrected chi connectivity index (χ1v) is 9.95. The van der Waals surface area contributed by atoms with E-state index in [9.17, 15) is 9.59 Å². The summed E-state index contributed by atoms with van der Waals surface area (Å²) < 4.78 is 11.1. The van der Waals surface area contributed by atoms with Gasteiger partial charge in [0.1, 0.15) is 13.2 Å². The van der Waals surface area contributed by atoms with Gasteiger partial charge in [0.25, 0.3) is 5.56 Å². The average molecular weight is 389 g/mol. The number of aromatic amines is 1. The molecule has 0 aliphatic carbocycles. The molecule has 0 radical (unpaired) electrons. The van der Waals surface area contributed by atoms with Gasteiger partial charge >= 0.3 is 0 Å². The van der Waals surface area contributed by atoms with Gasteiger partial charge in [-0.1, -0.05) is 31.2 Å². The van der Waals surface area contributed by atoms with Gasteiger partial charge in [0.15, 0.2) is 16.7 Å². The summed E-state index contributed by atoms with van der Waals surface area (Å²) in [6.45, 7) is 5.01. The van der Waals surface area contributed by atoms with Crippen molar-refractivity contribution in [2.24, 2.45) is 0 Å². The first kappa shape index (κ1) is 19.3. The molecule has 1 atom stereocenters. The Morgan fingerprint density at radius 3 is 2.85 bits per heavy atom. The zero-order valence-electron chi connectivity index (χ0n) is 15.4. The Morgan fingerprint density at radius 2 is 2.07 bits per heavy atom. The van der Waals surface area contributed by atoms with E-state index in [1.807, 2.05) is 32.0 Å². The standard InChI is InChI=1S/C19H23N3O4S/c1-3-4-14-10-17(23)22-19(21-14)27-11-18(24)20-12(2)13-5-6-15-16(9-13)26-8-7-25-15/h5-6,9-10,12H,3-4,7-8,11H2,1-2H3,(H,20,24)(H,21,22,23)/t12-/m1/s1. The van der Waals surface area contributed by atoms with E-state index in [1.165, 1.54) is 17.8 Å². The number of rotatable bonds is 7. The van der Waals surface area contributed by atoms with Crippen molar-refractivity contribution < 1.29 is 14.3 Å². The molecular weight excluding hydrogens is 366 g/mol. The van der Waals surface area contributed by atoms with E-state index in [4.69, 9.17) is 9.47 Å². The lowest BCUT2D eigenvalue weighted by Gasteiger charge is -2.21. The number of carbonyl (C=O) groups excluding carboxylic acids is 1. The van der Waals surface area contributed by atoms with E-state index in [1.54, 1.807) is 0 Å². The molecule has 0 saturated carbocycles. The molecule has 0 unspecified atom stereocenters. The molecule has 2 N–H and O–H groups in total. The van der Waals surface area contributed by atoms with Crippen LogP contribution in [0.15, 0.2) is 34.2 Å². The monoisotopic (exact) mass is 389 g/mol. The highest BCUT2D eigenvalue weighted by Crippen LogP contribution is 2.32. The van der Waals surface area contributed by atoms with Gasteiger partial charge in [0, 0.05) is 11.8 Å². The predicted molar refractivity (Wildman–Crippen MR) is 104 cm³/mol. The van der Waals surface area contributed by atoms with Crippen LogP contribution in [0.5, 0.6) is 11.5 Å². The number of nitrogens with zero attached hydrogens (tertiary/aromatic N) is 1. The van der Waals surface area contributed by atoms with E-state index in [0.717, 1.165) is 29.8 Å². The fourth-order valence-corrected chi connectivity index (χ4v) is 3.47. The summed E-state index contributed by atoms with van der Waals surface area (Å²) in [5.41, 5.74) is 1.49. The number of amides is 1. The van der Waals surface area contributed by atoms with Crippen LogP contribution in [0.3, 0.4) is 0 Å². The third-order valence-corrected chi connectivity index (χ3v) is 4.94. The first-order chi connectivity index (χ1) is 13.0. The molecule has 2 aromatic rings. The van der Waals surface area contributed by atoms with Crippen LogP contribution in [0, 0.1) is 0 Å². The number of fused-ring (bicyclic) bond motifs is 1. The minimum Gasteiger partial charge on any atom is -0.486 e. The molecule has 2 heterocycles. The van der Waals surface area contributed by atoms with Crippen LogP contribution in [-0.2, 0) is 11.2 Å². The van der Waals surface area contributed by atoms with Crippen LogP contribution in [0.4, 0.5) is 0 Å². The number of carbonyl (C=O) groups is 1. The molecule has 7 nitrogen and oxygen atoms in total. The molecular formula is C19H23N3O4S. The van der Waals surface area contributed by atoms with Crippen LogP contribution in [-0.4, -0.2) is 34.8 Å². The van der Waals surface area contributed by atoms with Crippen LogP contribution in [0.1, 0.15) is 37.6 Å². The minimum atomic E-state index is -0.194. The summed E-state index contributed by atoms with van der Waals surface area (Å²) in [5, 5.41) is 3.42. The number of nitrogens with one attached hydrogen (secondary N) is 2. The van der Waals surface area contributed by atoms with Gasteiger partial charge in [0.2, 0.25) is 5.91 Å². The Balaban J connectivity index is 1.57. The van der Waals surface area contributed by atoms with Gasteiger partial charge < -0.3 is 19.8 Å². The molecule has 0 spiro atoms. The number of aromatic nitrogens is 2. The smallest absolute Gasteiger partial charge is 0.251 e. The Hall–Kier alpha value is -2.48. The highest BCUT2D eigenvalue weighted by molar-refractivity contribution is 7.99. The Bertz CT molecular complexity index is 868. The molecule has 144 valence electrons. The Morgan fingerprint density at radius 1 is 1.30 bits per heavy atom. The second-order valence-corrected chi connectivity index (χ2v) is 7.24. The van der Waals surface area contributed by atoms with Crippen LogP contribution < -0.4 is 20.3 Å². The maximum absolute atomic E-state index is 12.3. The Labute approximate surface area is 161 Å². The highest BCUT2D eigenvalue weighted by atomic mass is 32.2. The second-order valence-electron chi connectivity index (χ2n) is 6.27. The number of thioether (sulfide) groups is 1. The SMILES string of the molecule is CCCc1cc(=O)[nH]c(SCC(=O)N[C@H](C)c2ccc3c(c2)OCCO3)n1. The third kappa shape index (κ3) is 5.26. The number of H-pyrrole nitrogens is 1. The van der Waals surface area contributed by atoms with Crippen molar-refractivity contribution in [2.45, 2.75) is 37.9 Å². The largest absolute Gasteiger partial charge is 0.486 e. The average Bonchev–Trinajstić information content (AvgIpc) is 2.66. The molecule has 3 rings (SSSR count). The maximum Gasteiger partial charge on any atom is 0.251 e. The van der Waals surface area contributed by atoms with Gasteiger partial charge in [-0.15, -0.1) is 0 Å². The van der Waals surface area contributed by atoms with Crippen molar-refractivity contribution in [1.82, 2.24) is 15.3 Å². The van der Waals surface area contributed by atoms with Crippen molar-refractivity contribution in [2.75, 3.05) is 19.0 Å². The molecule has 1 aromatic heterocycles. The molecule has 0 fully saturated rings. The van der Waals surface area contributed by atoms with Crippen molar-refractivity contribution >= 4 is 17.7 Å². The van der Waals surface area contributed by atoms with E-state index in [-0.39, 0.29) is 23.3 Å². The highest BCUT2D eigenvalue weighted by Gasteiger charge is 2.16. The van der Waals surface area contributed by atoms with Crippen molar-refractivity contribution in [3.8, 4) is 11.5 Å². The number of hydrogen-bond donors (Lipinski definition) is 2. The molecule has 0 saturated heterocycles.